The fraction of sp³-hybridized carbons (Fsp3) is 0.500. The Morgan fingerprint density at radius 2 is 1.68 bits per heavy atom. The van der Waals surface area contributed by atoms with E-state index in [1.54, 1.807) is 0 Å². The summed E-state index contributed by atoms with van der Waals surface area (Å²) in [6.45, 7) is 7.51. The van der Waals surface area contributed by atoms with Gasteiger partial charge in [-0.1, -0.05) is 60.7 Å². The number of amides is 3. The van der Waals surface area contributed by atoms with Crippen molar-refractivity contribution in [3.8, 4) is 0 Å². The lowest BCUT2D eigenvalue weighted by Crippen LogP contribution is -2.59. The lowest BCUT2D eigenvalue weighted by molar-refractivity contribution is -0.150. The molecule has 8 heteroatoms. The third-order valence-corrected chi connectivity index (χ3v) is 8.25. The number of fused-ring (bicyclic) bond motifs is 1. The van der Waals surface area contributed by atoms with E-state index >= 15 is 0 Å². The van der Waals surface area contributed by atoms with Crippen LogP contribution in [0.1, 0.15) is 57.7 Å². The highest BCUT2D eigenvalue weighted by Gasteiger charge is 2.78. The molecule has 202 valence electrons. The molecule has 0 radical (unpaired) electrons. The van der Waals surface area contributed by atoms with E-state index in [1.165, 1.54) is 4.90 Å². The van der Waals surface area contributed by atoms with Gasteiger partial charge in [-0.2, -0.15) is 0 Å². The maximum atomic E-state index is 14.3. The Morgan fingerprint density at radius 3 is 2.29 bits per heavy atom. The molecule has 6 atom stereocenters. The smallest absolute Gasteiger partial charge is 0.246 e. The van der Waals surface area contributed by atoms with Crippen LogP contribution in [0.25, 0.3) is 0 Å². The minimum atomic E-state index is -1.15. The number of likely N-dealkylation sites (tertiary alicyclic amines) is 1. The van der Waals surface area contributed by atoms with E-state index in [0.717, 1.165) is 11.1 Å². The van der Waals surface area contributed by atoms with Gasteiger partial charge >= 0.3 is 0 Å². The first kappa shape index (κ1) is 26.4. The van der Waals surface area contributed by atoms with E-state index in [-0.39, 0.29) is 24.3 Å². The van der Waals surface area contributed by atoms with Crippen molar-refractivity contribution >= 4 is 17.7 Å². The highest BCUT2D eigenvalue weighted by molar-refractivity contribution is 5.99. The van der Waals surface area contributed by atoms with Crippen LogP contribution in [0.15, 0.2) is 60.7 Å². The summed E-state index contributed by atoms with van der Waals surface area (Å²) in [5, 5.41) is 16.6. The number of hydrogen-bond donors (Lipinski definition) is 3. The number of rotatable bonds is 7. The number of aliphatic hydroxyl groups is 1. The van der Waals surface area contributed by atoms with Gasteiger partial charge < -0.3 is 25.4 Å². The summed E-state index contributed by atoms with van der Waals surface area (Å²) in [6.07, 6.45) is 1.04. The first-order chi connectivity index (χ1) is 18.0. The zero-order chi connectivity index (χ0) is 27.3. The standard InChI is InChI=1S/C30H37N3O5/c1-28(2,3)32-26(36)24-30-16-15-29(4,38-30)22(25(35)31-17-19-11-7-5-8-12-19)23(30)27(37)33(24)21(18-34)20-13-9-6-10-14-20/h5-14,21-24,34H,15-18H2,1-4H3,(H,31,35)(H,32,36)/t21-,22-,23+,24?,29+,30?/m1/s1. The van der Waals surface area contributed by atoms with Crippen LogP contribution >= 0.6 is 0 Å². The fourth-order valence-corrected chi connectivity index (χ4v) is 6.76. The summed E-state index contributed by atoms with van der Waals surface area (Å²) in [7, 11) is 0. The molecule has 0 aromatic heterocycles. The van der Waals surface area contributed by atoms with Crippen LogP contribution in [0, 0.1) is 11.8 Å². The van der Waals surface area contributed by atoms with Gasteiger partial charge in [0.25, 0.3) is 0 Å². The van der Waals surface area contributed by atoms with Gasteiger partial charge in [0.05, 0.1) is 30.1 Å². The molecule has 3 fully saturated rings. The number of aliphatic hydroxyl groups excluding tert-OH is 1. The minimum Gasteiger partial charge on any atom is -0.394 e. The molecule has 3 heterocycles. The maximum absolute atomic E-state index is 14.3. The van der Waals surface area contributed by atoms with Crippen LogP contribution in [-0.4, -0.2) is 57.1 Å². The van der Waals surface area contributed by atoms with Crippen molar-refractivity contribution in [2.45, 2.75) is 75.9 Å². The number of hydrogen-bond acceptors (Lipinski definition) is 5. The van der Waals surface area contributed by atoms with Crippen LogP contribution in [0.2, 0.25) is 0 Å². The lowest BCUT2D eigenvalue weighted by atomic mass is 9.66. The normalized spacial score (nSPS) is 30.7. The van der Waals surface area contributed by atoms with Gasteiger partial charge in [0, 0.05) is 12.1 Å². The van der Waals surface area contributed by atoms with E-state index < -0.39 is 40.7 Å². The molecule has 3 aliphatic rings. The van der Waals surface area contributed by atoms with Gasteiger partial charge in [0.15, 0.2) is 0 Å². The van der Waals surface area contributed by atoms with E-state index in [1.807, 2.05) is 88.4 Å². The largest absolute Gasteiger partial charge is 0.394 e. The average molecular weight is 520 g/mol. The number of benzene rings is 2. The Bertz CT molecular complexity index is 1210. The van der Waals surface area contributed by atoms with Gasteiger partial charge in [-0.05, 0) is 51.7 Å². The molecule has 8 nitrogen and oxygen atoms in total. The predicted molar refractivity (Wildman–Crippen MR) is 142 cm³/mol. The van der Waals surface area contributed by atoms with Crippen LogP contribution in [0.3, 0.4) is 0 Å². The maximum Gasteiger partial charge on any atom is 0.246 e. The molecule has 38 heavy (non-hydrogen) atoms. The quantitative estimate of drug-likeness (QED) is 0.521. The summed E-state index contributed by atoms with van der Waals surface area (Å²) in [5.74, 6) is -2.50. The molecule has 2 aromatic rings. The molecule has 2 unspecified atom stereocenters. The molecule has 0 saturated carbocycles. The Labute approximate surface area is 223 Å². The van der Waals surface area contributed by atoms with Crippen molar-refractivity contribution in [1.82, 2.24) is 15.5 Å². The van der Waals surface area contributed by atoms with E-state index in [9.17, 15) is 19.5 Å². The summed E-state index contributed by atoms with van der Waals surface area (Å²) >= 11 is 0. The van der Waals surface area contributed by atoms with E-state index in [2.05, 4.69) is 10.6 Å². The van der Waals surface area contributed by atoms with Gasteiger partial charge in [-0.25, -0.2) is 0 Å². The van der Waals surface area contributed by atoms with Crippen molar-refractivity contribution in [1.29, 1.82) is 0 Å². The fourth-order valence-electron chi connectivity index (χ4n) is 6.76. The first-order valence-electron chi connectivity index (χ1n) is 13.3. The second kappa shape index (κ2) is 9.50. The van der Waals surface area contributed by atoms with Crippen LogP contribution in [-0.2, 0) is 25.7 Å². The number of nitrogens with one attached hydrogen (secondary N) is 2. The van der Waals surface area contributed by atoms with E-state index in [4.69, 9.17) is 4.74 Å². The zero-order valence-electron chi connectivity index (χ0n) is 22.4. The SMILES string of the molecule is CC(C)(C)NC(=O)C1N([C@H](CO)c2ccccc2)C(=O)[C@@H]2[C@H](C(=O)NCc3ccccc3)[C@]3(C)CCC12O3. The summed E-state index contributed by atoms with van der Waals surface area (Å²) in [4.78, 5) is 43.4. The minimum absolute atomic E-state index is 0.256. The molecule has 5 rings (SSSR count). The monoisotopic (exact) mass is 519 g/mol. The molecule has 1 spiro atoms. The van der Waals surface area contributed by atoms with Crippen molar-refractivity contribution in [2.75, 3.05) is 6.61 Å². The van der Waals surface area contributed by atoms with E-state index in [0.29, 0.717) is 19.4 Å². The van der Waals surface area contributed by atoms with Crippen molar-refractivity contribution in [3.63, 3.8) is 0 Å². The van der Waals surface area contributed by atoms with Crippen molar-refractivity contribution in [2.24, 2.45) is 11.8 Å². The Hall–Kier alpha value is -3.23. The second-order valence-electron chi connectivity index (χ2n) is 12.0. The number of nitrogens with zero attached hydrogens (tertiary/aromatic N) is 1. The zero-order valence-corrected chi connectivity index (χ0v) is 22.4. The molecular weight excluding hydrogens is 482 g/mol. The number of ether oxygens (including phenoxy) is 1. The summed E-state index contributed by atoms with van der Waals surface area (Å²) in [5.41, 5.74) is -0.891. The third-order valence-electron chi connectivity index (χ3n) is 8.25. The Kier molecular flexibility index (Phi) is 6.60. The highest BCUT2D eigenvalue weighted by atomic mass is 16.5. The second-order valence-corrected chi connectivity index (χ2v) is 12.0. The topological polar surface area (TPSA) is 108 Å². The molecule has 3 aliphatic heterocycles. The van der Waals surface area contributed by atoms with Crippen LogP contribution < -0.4 is 10.6 Å². The average Bonchev–Trinajstić information content (AvgIpc) is 3.44. The molecule has 2 bridgehead atoms. The van der Waals surface area contributed by atoms with Crippen LogP contribution in [0.5, 0.6) is 0 Å². The summed E-state index contributed by atoms with van der Waals surface area (Å²) < 4.78 is 6.67. The first-order valence-corrected chi connectivity index (χ1v) is 13.3. The highest BCUT2D eigenvalue weighted by Crippen LogP contribution is 2.64. The third kappa shape index (κ3) is 4.29. The van der Waals surface area contributed by atoms with Crippen molar-refractivity contribution < 1.29 is 24.2 Å². The Balaban J connectivity index is 1.54. The molecule has 0 aliphatic carbocycles. The van der Waals surface area contributed by atoms with Gasteiger partial charge in [0.1, 0.15) is 11.6 Å². The summed E-state index contributed by atoms with van der Waals surface area (Å²) in [6, 6.07) is 17.1. The van der Waals surface area contributed by atoms with Crippen molar-refractivity contribution in [3.05, 3.63) is 71.8 Å². The molecule has 2 aromatic carbocycles. The molecular formula is C30H37N3O5. The van der Waals surface area contributed by atoms with Gasteiger partial charge in [-0.3, -0.25) is 14.4 Å². The molecule has 3 N–H and O–H groups in total. The predicted octanol–water partition coefficient (Wildman–Crippen LogP) is 2.72. The molecule has 3 saturated heterocycles. The van der Waals surface area contributed by atoms with Gasteiger partial charge in [-0.15, -0.1) is 0 Å². The molecule has 3 amide bonds. The Morgan fingerprint density at radius 1 is 1.05 bits per heavy atom. The number of carbonyl (C=O) groups excluding carboxylic acids is 3. The van der Waals surface area contributed by atoms with Gasteiger partial charge in [0.2, 0.25) is 17.7 Å². The lowest BCUT2D eigenvalue weighted by Gasteiger charge is -2.38. The van der Waals surface area contributed by atoms with Crippen LogP contribution in [0.4, 0.5) is 0 Å². The number of carbonyl (C=O) groups is 3.